The van der Waals surface area contributed by atoms with Crippen molar-refractivity contribution in [3.05, 3.63) is 0 Å². The molecule has 0 atom stereocenters. The molecule has 0 amide bonds. The van der Waals surface area contributed by atoms with Crippen molar-refractivity contribution >= 4 is 0 Å². The summed E-state index contributed by atoms with van der Waals surface area (Å²) < 4.78 is 0. The van der Waals surface area contributed by atoms with E-state index < -0.39 is 0 Å². The molecule has 0 spiro atoms. The molecule has 1 heterocycles. The predicted octanol–water partition coefficient (Wildman–Crippen LogP) is 2.31. The van der Waals surface area contributed by atoms with Crippen LogP contribution in [0.3, 0.4) is 0 Å². The summed E-state index contributed by atoms with van der Waals surface area (Å²) in [4.78, 5) is 4.73. The highest BCUT2D eigenvalue weighted by Crippen LogP contribution is 2.19. The van der Waals surface area contributed by atoms with Gasteiger partial charge >= 0.3 is 0 Å². The number of likely N-dealkylation sites (tertiary alicyclic amines) is 1. The van der Waals surface area contributed by atoms with Crippen molar-refractivity contribution in [2.75, 3.05) is 40.8 Å². The van der Waals surface area contributed by atoms with E-state index in [0.29, 0.717) is 0 Å². The normalized spacial score (nSPS) is 19.3. The number of rotatable bonds is 3. The van der Waals surface area contributed by atoms with E-state index in [1.807, 2.05) is 13.8 Å². The third kappa shape index (κ3) is 6.39. The predicted molar refractivity (Wildman–Crippen MR) is 64.7 cm³/mol. The van der Waals surface area contributed by atoms with Gasteiger partial charge in [-0.05, 0) is 66.0 Å². The summed E-state index contributed by atoms with van der Waals surface area (Å²) in [5.74, 6) is 0.989. The summed E-state index contributed by atoms with van der Waals surface area (Å²) in [6, 6.07) is 0. The molecular weight excluding hydrogens is 172 g/mol. The molecule has 1 fully saturated rings. The number of piperidine rings is 1. The summed E-state index contributed by atoms with van der Waals surface area (Å²) in [5.41, 5.74) is 0. The summed E-state index contributed by atoms with van der Waals surface area (Å²) in [6.45, 7) is 7.87. The second-order valence-electron chi connectivity index (χ2n) is 4.34. The third-order valence-corrected chi connectivity index (χ3v) is 2.82. The van der Waals surface area contributed by atoms with Crippen LogP contribution < -0.4 is 0 Å². The summed E-state index contributed by atoms with van der Waals surface area (Å²) >= 11 is 0. The quantitative estimate of drug-likeness (QED) is 0.690. The van der Waals surface area contributed by atoms with Crippen molar-refractivity contribution in [3.63, 3.8) is 0 Å². The average molecular weight is 200 g/mol. The zero-order valence-corrected chi connectivity index (χ0v) is 10.7. The molecule has 1 rings (SSSR count). The molecule has 1 saturated heterocycles. The molecule has 0 aromatic rings. The van der Waals surface area contributed by atoms with Crippen molar-refractivity contribution in [3.8, 4) is 0 Å². The fourth-order valence-electron chi connectivity index (χ4n) is 1.79. The molecular formula is C12H28N2. The van der Waals surface area contributed by atoms with Gasteiger partial charge in [-0.3, -0.25) is 0 Å². The lowest BCUT2D eigenvalue weighted by Gasteiger charge is -2.29. The van der Waals surface area contributed by atoms with E-state index in [0.717, 1.165) is 5.92 Å². The minimum atomic E-state index is 0.989. The molecule has 0 saturated carbocycles. The zero-order chi connectivity index (χ0) is 11.0. The highest BCUT2D eigenvalue weighted by atomic mass is 15.1. The van der Waals surface area contributed by atoms with E-state index in [9.17, 15) is 0 Å². The van der Waals surface area contributed by atoms with Gasteiger partial charge in [-0.15, -0.1) is 0 Å². The topological polar surface area (TPSA) is 6.48 Å². The Morgan fingerprint density at radius 2 is 1.64 bits per heavy atom. The number of hydrogen-bond acceptors (Lipinski definition) is 2. The molecule has 0 aromatic carbocycles. The largest absolute Gasteiger partial charge is 0.309 e. The first-order chi connectivity index (χ1) is 6.68. The first-order valence-corrected chi connectivity index (χ1v) is 6.02. The fraction of sp³-hybridized carbons (Fsp3) is 1.00. The van der Waals surface area contributed by atoms with E-state index in [4.69, 9.17) is 0 Å². The van der Waals surface area contributed by atoms with Crippen molar-refractivity contribution in [2.45, 2.75) is 33.1 Å². The van der Waals surface area contributed by atoms with Gasteiger partial charge in [0.25, 0.3) is 0 Å². The standard InChI is InChI=1S/C10H22N2.C2H6/c1-11(2)7-4-10-5-8-12(3)9-6-10;1-2/h10H,4-9H2,1-3H3;1-2H3. The van der Waals surface area contributed by atoms with Gasteiger partial charge in [0.05, 0.1) is 0 Å². The lowest BCUT2D eigenvalue weighted by molar-refractivity contribution is 0.201. The van der Waals surface area contributed by atoms with Crippen LogP contribution in [-0.4, -0.2) is 50.6 Å². The molecule has 1 aliphatic heterocycles. The van der Waals surface area contributed by atoms with E-state index >= 15 is 0 Å². The van der Waals surface area contributed by atoms with E-state index in [1.54, 1.807) is 0 Å². The molecule has 2 heteroatoms. The Labute approximate surface area is 90.3 Å². The molecule has 0 aliphatic carbocycles. The highest BCUT2D eigenvalue weighted by Gasteiger charge is 2.15. The van der Waals surface area contributed by atoms with Crippen molar-refractivity contribution < 1.29 is 0 Å². The van der Waals surface area contributed by atoms with Crippen LogP contribution in [0.1, 0.15) is 33.1 Å². The maximum atomic E-state index is 2.44. The Kier molecular flexibility index (Phi) is 8.20. The Bertz CT molecular complexity index is 115. The Morgan fingerprint density at radius 3 is 2.07 bits per heavy atom. The molecule has 14 heavy (non-hydrogen) atoms. The van der Waals surface area contributed by atoms with Crippen LogP contribution in [0, 0.1) is 5.92 Å². The van der Waals surface area contributed by atoms with Crippen LogP contribution in [-0.2, 0) is 0 Å². The van der Waals surface area contributed by atoms with Gasteiger partial charge in [0.1, 0.15) is 0 Å². The van der Waals surface area contributed by atoms with Crippen LogP contribution in [0.4, 0.5) is 0 Å². The third-order valence-electron chi connectivity index (χ3n) is 2.82. The Morgan fingerprint density at radius 1 is 1.14 bits per heavy atom. The molecule has 86 valence electrons. The van der Waals surface area contributed by atoms with Gasteiger partial charge in [-0.25, -0.2) is 0 Å². The van der Waals surface area contributed by atoms with Gasteiger partial charge < -0.3 is 9.80 Å². The molecule has 0 unspecified atom stereocenters. The second-order valence-corrected chi connectivity index (χ2v) is 4.34. The highest BCUT2D eigenvalue weighted by molar-refractivity contribution is 4.70. The summed E-state index contributed by atoms with van der Waals surface area (Å²) in [7, 11) is 6.55. The first-order valence-electron chi connectivity index (χ1n) is 6.02. The monoisotopic (exact) mass is 200 g/mol. The fourth-order valence-corrected chi connectivity index (χ4v) is 1.79. The minimum Gasteiger partial charge on any atom is -0.309 e. The lowest BCUT2D eigenvalue weighted by Crippen LogP contribution is -2.31. The smallest absolute Gasteiger partial charge is 0.00191 e. The van der Waals surface area contributed by atoms with Crippen molar-refractivity contribution in [1.29, 1.82) is 0 Å². The maximum absolute atomic E-state index is 2.44. The van der Waals surface area contributed by atoms with Crippen LogP contribution >= 0.6 is 0 Å². The van der Waals surface area contributed by atoms with Gasteiger partial charge in [0, 0.05) is 0 Å². The molecule has 0 radical (unpaired) electrons. The minimum absolute atomic E-state index is 0.989. The maximum Gasteiger partial charge on any atom is -0.00191 e. The van der Waals surface area contributed by atoms with Crippen LogP contribution in [0.2, 0.25) is 0 Å². The Balaban J connectivity index is 0.000000791. The van der Waals surface area contributed by atoms with Gasteiger partial charge in [-0.2, -0.15) is 0 Å². The van der Waals surface area contributed by atoms with E-state index in [-0.39, 0.29) is 0 Å². The SMILES string of the molecule is CC.CN(C)CCC1CCN(C)CC1. The average Bonchev–Trinajstić information content (AvgIpc) is 2.20. The van der Waals surface area contributed by atoms with E-state index in [1.165, 1.54) is 38.9 Å². The van der Waals surface area contributed by atoms with Crippen LogP contribution in [0.25, 0.3) is 0 Å². The van der Waals surface area contributed by atoms with Gasteiger partial charge in [0.2, 0.25) is 0 Å². The van der Waals surface area contributed by atoms with Gasteiger partial charge in [0.15, 0.2) is 0 Å². The van der Waals surface area contributed by atoms with Crippen LogP contribution in [0.15, 0.2) is 0 Å². The lowest BCUT2D eigenvalue weighted by atomic mass is 9.94. The molecule has 0 bridgehead atoms. The molecule has 0 N–H and O–H groups in total. The second kappa shape index (κ2) is 8.25. The van der Waals surface area contributed by atoms with Crippen molar-refractivity contribution in [2.24, 2.45) is 5.92 Å². The molecule has 1 aliphatic rings. The Hall–Kier alpha value is -0.0800. The summed E-state index contributed by atoms with van der Waals surface area (Å²) in [5, 5.41) is 0. The van der Waals surface area contributed by atoms with Crippen molar-refractivity contribution in [1.82, 2.24) is 9.80 Å². The van der Waals surface area contributed by atoms with E-state index in [2.05, 4.69) is 30.9 Å². The molecule has 0 aromatic heterocycles. The summed E-state index contributed by atoms with van der Waals surface area (Å²) in [6.07, 6.45) is 4.20. The number of nitrogens with zero attached hydrogens (tertiary/aromatic N) is 2. The zero-order valence-electron chi connectivity index (χ0n) is 10.7. The van der Waals surface area contributed by atoms with Gasteiger partial charge in [-0.1, -0.05) is 13.8 Å². The first kappa shape index (κ1) is 13.9. The number of hydrogen-bond donors (Lipinski definition) is 0. The van der Waals surface area contributed by atoms with Crippen LogP contribution in [0.5, 0.6) is 0 Å². The molecule has 2 nitrogen and oxygen atoms in total.